The molecule has 5 heteroatoms. The highest BCUT2D eigenvalue weighted by Crippen LogP contribution is 2.45. The molecule has 1 N–H and O–H groups in total. The summed E-state index contributed by atoms with van der Waals surface area (Å²) in [4.78, 5) is 20.8. The molecule has 5 nitrogen and oxygen atoms in total. The van der Waals surface area contributed by atoms with Crippen molar-refractivity contribution in [3.63, 3.8) is 0 Å². The summed E-state index contributed by atoms with van der Waals surface area (Å²) >= 11 is 0. The minimum absolute atomic E-state index is 0.0575. The lowest BCUT2D eigenvalue weighted by molar-refractivity contribution is -0.157. The van der Waals surface area contributed by atoms with E-state index in [1.807, 2.05) is 31.1 Å². The van der Waals surface area contributed by atoms with Gasteiger partial charge in [-0.3, -0.25) is 14.7 Å². The van der Waals surface area contributed by atoms with Crippen LogP contribution in [0.4, 0.5) is 0 Å². The first-order valence-corrected chi connectivity index (χ1v) is 9.31. The van der Waals surface area contributed by atoms with E-state index < -0.39 is 11.6 Å². The highest BCUT2D eigenvalue weighted by atomic mass is 16.3. The highest BCUT2D eigenvalue weighted by molar-refractivity contribution is 5.74. The maximum absolute atomic E-state index is 12.1. The van der Waals surface area contributed by atoms with E-state index in [-0.39, 0.29) is 11.3 Å². The Morgan fingerprint density at radius 2 is 2.00 bits per heavy atom. The Kier molecular flexibility index (Phi) is 4.91. The molecule has 1 atom stereocenters. The molecule has 1 aromatic rings. The summed E-state index contributed by atoms with van der Waals surface area (Å²) < 4.78 is 0. The van der Waals surface area contributed by atoms with Crippen molar-refractivity contribution in [3.05, 3.63) is 29.6 Å². The van der Waals surface area contributed by atoms with Crippen LogP contribution >= 0.6 is 0 Å². The number of pyridine rings is 1. The number of aryl methyl sites for hydroxylation is 1. The maximum Gasteiger partial charge on any atom is 0.219 e. The molecule has 0 aliphatic carbocycles. The second kappa shape index (κ2) is 6.69. The Morgan fingerprint density at radius 1 is 1.32 bits per heavy atom. The average Bonchev–Trinajstić information content (AvgIpc) is 2.53. The van der Waals surface area contributed by atoms with E-state index in [1.54, 1.807) is 6.92 Å². The molecule has 0 bridgehead atoms. The van der Waals surface area contributed by atoms with Gasteiger partial charge in [0, 0.05) is 32.4 Å². The van der Waals surface area contributed by atoms with Gasteiger partial charge in [0.1, 0.15) is 0 Å². The molecule has 0 saturated carbocycles. The van der Waals surface area contributed by atoms with E-state index in [9.17, 15) is 9.90 Å². The zero-order valence-electron chi connectivity index (χ0n) is 16.0. The fourth-order valence-electron chi connectivity index (χ4n) is 4.47. The normalized spacial score (nSPS) is 26.0. The van der Waals surface area contributed by atoms with E-state index in [0.29, 0.717) is 0 Å². The fourth-order valence-corrected chi connectivity index (χ4v) is 4.47. The predicted octanol–water partition coefficient (Wildman–Crippen LogP) is 2.36. The van der Waals surface area contributed by atoms with Crippen LogP contribution in [0.5, 0.6) is 0 Å². The van der Waals surface area contributed by atoms with Crippen LogP contribution in [0.3, 0.4) is 0 Å². The van der Waals surface area contributed by atoms with E-state index in [2.05, 4.69) is 22.9 Å². The van der Waals surface area contributed by atoms with Gasteiger partial charge in [0.15, 0.2) is 0 Å². The summed E-state index contributed by atoms with van der Waals surface area (Å²) in [6.07, 6.45) is 6.23. The number of amides is 1. The number of carbonyl (C=O) groups excluding carboxylic acids is 1. The van der Waals surface area contributed by atoms with Crippen LogP contribution < -0.4 is 0 Å². The van der Waals surface area contributed by atoms with Crippen LogP contribution in [0, 0.1) is 12.3 Å². The van der Waals surface area contributed by atoms with Gasteiger partial charge in [-0.1, -0.05) is 6.07 Å². The zero-order chi connectivity index (χ0) is 18.2. The standard InChI is InChI=1S/C20H31N3O2/c1-15-9-17(12-21-11-15)13-22-7-5-20(6-8-22)10-18(25)19(3,4)23(14-20)16(2)24/h9,11-12,18,25H,5-8,10,13-14H2,1-4H3/t18-/m0/s1. The second-order valence-corrected chi connectivity index (χ2v) is 8.63. The second-order valence-electron chi connectivity index (χ2n) is 8.63. The molecule has 25 heavy (non-hydrogen) atoms. The number of rotatable bonds is 2. The molecule has 2 fully saturated rings. The van der Waals surface area contributed by atoms with Crippen molar-refractivity contribution in [1.82, 2.24) is 14.8 Å². The van der Waals surface area contributed by atoms with Gasteiger partial charge in [-0.25, -0.2) is 0 Å². The van der Waals surface area contributed by atoms with E-state index in [4.69, 9.17) is 0 Å². The Balaban J connectivity index is 1.65. The molecule has 2 saturated heterocycles. The van der Waals surface area contributed by atoms with Gasteiger partial charge in [0.25, 0.3) is 0 Å². The largest absolute Gasteiger partial charge is 0.391 e. The Hall–Kier alpha value is -1.46. The number of hydrogen-bond donors (Lipinski definition) is 1. The third-order valence-electron chi connectivity index (χ3n) is 6.27. The number of piperidine rings is 2. The van der Waals surface area contributed by atoms with Crippen molar-refractivity contribution < 1.29 is 9.90 Å². The van der Waals surface area contributed by atoms with Gasteiger partial charge < -0.3 is 10.0 Å². The number of aromatic nitrogens is 1. The summed E-state index contributed by atoms with van der Waals surface area (Å²) in [5, 5.41) is 10.7. The Morgan fingerprint density at radius 3 is 2.60 bits per heavy atom. The summed E-state index contributed by atoms with van der Waals surface area (Å²) in [6, 6.07) is 2.20. The van der Waals surface area contributed by atoms with Crippen LogP contribution in [-0.2, 0) is 11.3 Å². The van der Waals surface area contributed by atoms with E-state index in [0.717, 1.165) is 45.4 Å². The summed E-state index contributed by atoms with van der Waals surface area (Å²) in [6.45, 7) is 11.4. The smallest absolute Gasteiger partial charge is 0.219 e. The fraction of sp³-hybridized carbons (Fsp3) is 0.700. The lowest BCUT2D eigenvalue weighted by atomic mass is 9.67. The summed E-state index contributed by atoms with van der Waals surface area (Å²) in [5.41, 5.74) is 2.04. The van der Waals surface area contributed by atoms with Crippen LogP contribution in [-0.4, -0.2) is 57.1 Å². The first-order chi connectivity index (χ1) is 11.7. The predicted molar refractivity (Wildman–Crippen MR) is 98.0 cm³/mol. The molecule has 0 radical (unpaired) electrons. The van der Waals surface area contributed by atoms with Gasteiger partial charge in [-0.15, -0.1) is 0 Å². The van der Waals surface area contributed by atoms with E-state index in [1.165, 1.54) is 11.1 Å². The quantitative estimate of drug-likeness (QED) is 0.894. The van der Waals surface area contributed by atoms with Crippen LogP contribution in [0.2, 0.25) is 0 Å². The molecule has 1 spiro atoms. The van der Waals surface area contributed by atoms with Crippen molar-refractivity contribution in [1.29, 1.82) is 0 Å². The Labute approximate surface area is 151 Å². The third-order valence-corrected chi connectivity index (χ3v) is 6.27. The lowest BCUT2D eigenvalue weighted by Crippen LogP contribution is -2.64. The van der Waals surface area contributed by atoms with Crippen molar-refractivity contribution in [2.24, 2.45) is 5.41 Å². The van der Waals surface area contributed by atoms with Gasteiger partial charge in [0.2, 0.25) is 5.91 Å². The van der Waals surface area contributed by atoms with Crippen LogP contribution in [0.25, 0.3) is 0 Å². The van der Waals surface area contributed by atoms with Crippen molar-refractivity contribution in [2.45, 2.75) is 65.1 Å². The van der Waals surface area contributed by atoms with Crippen molar-refractivity contribution in [2.75, 3.05) is 19.6 Å². The number of aliphatic hydroxyl groups is 1. The number of aliphatic hydroxyl groups excluding tert-OH is 1. The maximum atomic E-state index is 12.1. The van der Waals surface area contributed by atoms with Gasteiger partial charge in [-0.2, -0.15) is 0 Å². The monoisotopic (exact) mass is 345 g/mol. The van der Waals surface area contributed by atoms with E-state index >= 15 is 0 Å². The summed E-state index contributed by atoms with van der Waals surface area (Å²) in [5.74, 6) is 0.0661. The molecule has 2 aliphatic heterocycles. The SMILES string of the molecule is CC(=O)N1CC2(CCN(Cc3cncc(C)c3)CC2)C[C@H](O)C1(C)C. The third kappa shape index (κ3) is 3.72. The van der Waals surface area contributed by atoms with Crippen molar-refractivity contribution in [3.8, 4) is 0 Å². The number of hydrogen-bond acceptors (Lipinski definition) is 4. The van der Waals surface area contributed by atoms with Gasteiger partial charge in [0.05, 0.1) is 11.6 Å². The molecule has 1 aromatic heterocycles. The molecule has 1 amide bonds. The molecular weight excluding hydrogens is 314 g/mol. The minimum atomic E-state index is -0.471. The summed E-state index contributed by atoms with van der Waals surface area (Å²) in [7, 11) is 0. The average molecular weight is 345 g/mol. The number of carbonyl (C=O) groups is 1. The Bertz CT molecular complexity index is 636. The first-order valence-electron chi connectivity index (χ1n) is 9.31. The molecule has 138 valence electrons. The minimum Gasteiger partial charge on any atom is -0.391 e. The van der Waals surface area contributed by atoms with Gasteiger partial charge >= 0.3 is 0 Å². The molecule has 3 rings (SSSR count). The molecular formula is C20H31N3O2. The van der Waals surface area contributed by atoms with Gasteiger partial charge in [-0.05, 0) is 69.7 Å². The molecule has 3 heterocycles. The molecule has 0 unspecified atom stereocenters. The zero-order valence-corrected chi connectivity index (χ0v) is 16.0. The highest BCUT2D eigenvalue weighted by Gasteiger charge is 2.50. The first kappa shape index (κ1) is 18.3. The van der Waals surface area contributed by atoms with Crippen LogP contribution in [0.15, 0.2) is 18.5 Å². The number of nitrogens with zero attached hydrogens (tertiary/aromatic N) is 3. The topological polar surface area (TPSA) is 56.7 Å². The molecule has 0 aromatic carbocycles. The van der Waals surface area contributed by atoms with Crippen LogP contribution in [0.1, 0.15) is 51.2 Å². The van der Waals surface area contributed by atoms with Crippen molar-refractivity contribution >= 4 is 5.91 Å². The number of likely N-dealkylation sites (tertiary alicyclic amines) is 2. The lowest BCUT2D eigenvalue weighted by Gasteiger charge is -2.55. The molecule has 2 aliphatic rings.